The smallest absolute Gasteiger partial charge is 0.394 e. The summed E-state index contributed by atoms with van der Waals surface area (Å²) in [5.74, 6) is -2.61. The van der Waals surface area contributed by atoms with E-state index in [1.54, 1.807) is 0 Å². The third-order valence-electron chi connectivity index (χ3n) is 1.79. The molecule has 0 aromatic rings. The van der Waals surface area contributed by atoms with Crippen LogP contribution < -0.4 is 10.6 Å². The van der Waals surface area contributed by atoms with Crippen molar-refractivity contribution in [1.29, 1.82) is 0 Å². The Balaban J connectivity index is 2.23. The third-order valence-corrected chi connectivity index (χ3v) is 1.79. The molecule has 6 nitrogen and oxygen atoms in total. The lowest BCUT2D eigenvalue weighted by Gasteiger charge is -2.08. The molecule has 0 aromatic heterocycles. The van der Waals surface area contributed by atoms with E-state index in [9.17, 15) is 14.4 Å². The summed E-state index contributed by atoms with van der Waals surface area (Å²) in [5.41, 5.74) is 0. The van der Waals surface area contributed by atoms with Gasteiger partial charge in [-0.3, -0.25) is 9.59 Å². The Morgan fingerprint density at radius 2 is 2.31 bits per heavy atom. The Kier molecular flexibility index (Phi) is 2.84. The molecule has 0 bridgehead atoms. The Bertz CT molecular complexity index is 251. The largest absolute Gasteiger partial charge is 0.474 e. The maximum Gasteiger partial charge on any atom is 0.394 e. The van der Waals surface area contributed by atoms with Gasteiger partial charge in [-0.05, 0) is 6.42 Å². The maximum absolute atomic E-state index is 10.7. The summed E-state index contributed by atoms with van der Waals surface area (Å²) in [6, 6.07) is -0.129. The molecule has 0 aromatic carbocycles. The van der Waals surface area contributed by atoms with Crippen molar-refractivity contribution in [1.82, 2.24) is 10.6 Å². The van der Waals surface area contributed by atoms with Gasteiger partial charge in [0, 0.05) is 19.0 Å². The fourth-order valence-corrected chi connectivity index (χ4v) is 1.12. The summed E-state index contributed by atoms with van der Waals surface area (Å²) in [6.07, 6.45) is 1.08. The summed E-state index contributed by atoms with van der Waals surface area (Å²) in [6.45, 7) is 0.177. The monoisotopic (exact) mass is 186 g/mol. The normalized spacial score (nSPS) is 20.9. The Hall–Kier alpha value is -1.59. The molecule has 1 rings (SSSR count). The molecule has 0 spiro atoms. The van der Waals surface area contributed by atoms with Gasteiger partial charge in [-0.2, -0.15) is 0 Å². The molecule has 1 fully saturated rings. The molecule has 1 atom stereocenters. The van der Waals surface area contributed by atoms with E-state index in [0.717, 1.165) is 0 Å². The van der Waals surface area contributed by atoms with Crippen LogP contribution in [0.3, 0.4) is 0 Å². The summed E-state index contributed by atoms with van der Waals surface area (Å²) < 4.78 is 0. The zero-order valence-corrected chi connectivity index (χ0v) is 6.87. The van der Waals surface area contributed by atoms with Crippen LogP contribution in [0.5, 0.6) is 0 Å². The van der Waals surface area contributed by atoms with Crippen LogP contribution in [-0.4, -0.2) is 35.5 Å². The quantitative estimate of drug-likeness (QED) is 0.456. The number of carbonyl (C=O) groups excluding carboxylic acids is 2. The molecule has 1 aliphatic rings. The second-order valence-electron chi connectivity index (χ2n) is 2.82. The molecule has 0 saturated carbocycles. The van der Waals surface area contributed by atoms with E-state index >= 15 is 0 Å². The summed E-state index contributed by atoms with van der Waals surface area (Å²) in [5, 5.41) is 13.0. The van der Waals surface area contributed by atoms with E-state index in [-0.39, 0.29) is 18.5 Å². The van der Waals surface area contributed by atoms with Crippen molar-refractivity contribution in [2.45, 2.75) is 18.9 Å². The van der Waals surface area contributed by atoms with Crippen LogP contribution in [0.25, 0.3) is 0 Å². The second-order valence-corrected chi connectivity index (χ2v) is 2.82. The number of hydrogen-bond acceptors (Lipinski definition) is 3. The summed E-state index contributed by atoms with van der Waals surface area (Å²) in [4.78, 5) is 31.3. The standard InChI is InChI=1S/C7H10N2O4/c10-5-2-1-4(9-5)3-8-6(11)7(12)13/h4H,1-3H2,(H,8,11)(H,9,10)(H,12,13). The first-order valence-corrected chi connectivity index (χ1v) is 3.90. The van der Waals surface area contributed by atoms with E-state index in [4.69, 9.17) is 5.11 Å². The van der Waals surface area contributed by atoms with E-state index in [0.29, 0.717) is 12.8 Å². The minimum Gasteiger partial charge on any atom is -0.474 e. The number of hydrogen-bond donors (Lipinski definition) is 3. The number of nitrogens with one attached hydrogen (secondary N) is 2. The molecule has 3 N–H and O–H groups in total. The van der Waals surface area contributed by atoms with Crippen LogP contribution in [0.4, 0.5) is 0 Å². The van der Waals surface area contributed by atoms with Gasteiger partial charge < -0.3 is 15.7 Å². The average Bonchev–Trinajstić information content (AvgIpc) is 2.47. The van der Waals surface area contributed by atoms with Crippen LogP contribution >= 0.6 is 0 Å². The van der Waals surface area contributed by atoms with Crippen LogP contribution in [0, 0.1) is 0 Å². The first-order chi connectivity index (χ1) is 6.09. The molecular formula is C7H10N2O4. The van der Waals surface area contributed by atoms with Crippen molar-refractivity contribution in [3.63, 3.8) is 0 Å². The van der Waals surface area contributed by atoms with Gasteiger partial charge in [0.1, 0.15) is 0 Å². The third kappa shape index (κ3) is 2.73. The molecule has 0 aliphatic carbocycles. The molecule has 0 radical (unpaired) electrons. The van der Waals surface area contributed by atoms with Crippen LogP contribution in [0.2, 0.25) is 0 Å². The Morgan fingerprint density at radius 3 is 2.77 bits per heavy atom. The van der Waals surface area contributed by atoms with E-state index in [1.807, 2.05) is 0 Å². The van der Waals surface area contributed by atoms with Gasteiger partial charge in [0.25, 0.3) is 0 Å². The summed E-state index contributed by atoms with van der Waals surface area (Å²) in [7, 11) is 0. The highest BCUT2D eigenvalue weighted by atomic mass is 16.4. The molecule has 72 valence electrons. The molecule has 2 amide bonds. The fourth-order valence-electron chi connectivity index (χ4n) is 1.12. The van der Waals surface area contributed by atoms with Crippen LogP contribution in [-0.2, 0) is 14.4 Å². The lowest BCUT2D eigenvalue weighted by molar-refractivity contribution is -0.150. The molecule has 1 unspecified atom stereocenters. The van der Waals surface area contributed by atoms with Crippen molar-refractivity contribution in [2.75, 3.05) is 6.54 Å². The second kappa shape index (κ2) is 3.88. The lowest BCUT2D eigenvalue weighted by atomic mass is 10.2. The number of rotatable bonds is 2. The number of carbonyl (C=O) groups is 3. The van der Waals surface area contributed by atoms with Crippen molar-refractivity contribution in [2.24, 2.45) is 0 Å². The minimum atomic E-state index is -1.51. The summed E-state index contributed by atoms with van der Waals surface area (Å²) >= 11 is 0. The molecule has 13 heavy (non-hydrogen) atoms. The first kappa shape index (κ1) is 9.50. The molecular weight excluding hydrogens is 176 g/mol. The minimum absolute atomic E-state index is 0.0606. The zero-order valence-electron chi connectivity index (χ0n) is 6.87. The van der Waals surface area contributed by atoms with Gasteiger partial charge in [-0.1, -0.05) is 0 Å². The highest BCUT2D eigenvalue weighted by Crippen LogP contribution is 2.04. The fraction of sp³-hybridized carbons (Fsp3) is 0.571. The van der Waals surface area contributed by atoms with Gasteiger partial charge >= 0.3 is 11.9 Å². The average molecular weight is 186 g/mol. The van der Waals surface area contributed by atoms with Crippen molar-refractivity contribution >= 4 is 17.8 Å². The van der Waals surface area contributed by atoms with E-state index in [2.05, 4.69) is 10.6 Å². The molecule has 1 aliphatic heterocycles. The van der Waals surface area contributed by atoms with Crippen LogP contribution in [0.15, 0.2) is 0 Å². The van der Waals surface area contributed by atoms with Crippen molar-refractivity contribution in [3.8, 4) is 0 Å². The topological polar surface area (TPSA) is 95.5 Å². The first-order valence-electron chi connectivity index (χ1n) is 3.90. The molecule has 1 saturated heterocycles. The van der Waals surface area contributed by atoms with Gasteiger partial charge in [0.15, 0.2) is 0 Å². The van der Waals surface area contributed by atoms with E-state index < -0.39 is 11.9 Å². The van der Waals surface area contributed by atoms with Crippen molar-refractivity contribution < 1.29 is 19.5 Å². The van der Waals surface area contributed by atoms with Gasteiger partial charge in [0.05, 0.1) is 0 Å². The van der Waals surface area contributed by atoms with Crippen LogP contribution in [0.1, 0.15) is 12.8 Å². The lowest BCUT2D eigenvalue weighted by Crippen LogP contribution is -2.40. The Morgan fingerprint density at radius 1 is 1.62 bits per heavy atom. The molecule has 1 heterocycles. The molecule has 6 heteroatoms. The maximum atomic E-state index is 10.7. The number of carboxylic acids is 1. The number of carboxylic acid groups (broad SMARTS) is 1. The predicted molar refractivity (Wildman–Crippen MR) is 41.8 cm³/mol. The zero-order chi connectivity index (χ0) is 9.84. The van der Waals surface area contributed by atoms with Gasteiger partial charge in [-0.15, -0.1) is 0 Å². The van der Waals surface area contributed by atoms with Gasteiger partial charge in [-0.25, -0.2) is 4.79 Å². The Labute approximate surface area is 74.3 Å². The van der Waals surface area contributed by atoms with Crippen molar-refractivity contribution in [3.05, 3.63) is 0 Å². The highest BCUT2D eigenvalue weighted by molar-refractivity contribution is 6.31. The number of amides is 2. The number of aliphatic carboxylic acids is 1. The van der Waals surface area contributed by atoms with Gasteiger partial charge in [0.2, 0.25) is 5.91 Å². The SMILES string of the molecule is O=C1CCC(CNC(=O)C(=O)O)N1. The highest BCUT2D eigenvalue weighted by Gasteiger charge is 2.21. The predicted octanol–water partition coefficient (Wildman–Crippen LogP) is -1.53. The van der Waals surface area contributed by atoms with E-state index in [1.165, 1.54) is 0 Å².